The molecule has 1 aromatic heterocycles. The molecule has 1 rings (SSSR count). The van der Waals surface area contributed by atoms with E-state index in [-0.39, 0.29) is 11.5 Å². The molecule has 3 N–H and O–H groups in total. The number of hydrogen-bond donors (Lipinski definition) is 2. The summed E-state index contributed by atoms with van der Waals surface area (Å²) in [4.78, 5) is 18.3. The molecule has 0 aliphatic carbocycles. The zero-order chi connectivity index (χ0) is 10.0. The van der Waals surface area contributed by atoms with E-state index in [1.165, 1.54) is 0 Å². The SMILES string of the molecule is CCc1nc(N)c(C(C)C)c(=O)[nH]1. The van der Waals surface area contributed by atoms with Gasteiger partial charge in [-0.15, -0.1) is 0 Å². The van der Waals surface area contributed by atoms with E-state index in [0.29, 0.717) is 23.6 Å². The molecule has 0 unspecified atom stereocenters. The van der Waals surface area contributed by atoms with Crippen molar-refractivity contribution < 1.29 is 0 Å². The Kier molecular flexibility index (Phi) is 2.70. The first-order valence-corrected chi connectivity index (χ1v) is 4.44. The van der Waals surface area contributed by atoms with Gasteiger partial charge in [-0.25, -0.2) is 4.98 Å². The topological polar surface area (TPSA) is 71.8 Å². The summed E-state index contributed by atoms with van der Waals surface area (Å²) in [5.74, 6) is 1.12. The number of nitrogens with zero attached hydrogens (tertiary/aromatic N) is 1. The van der Waals surface area contributed by atoms with E-state index in [0.717, 1.165) is 0 Å². The molecule has 0 aliphatic heterocycles. The van der Waals surface area contributed by atoms with Gasteiger partial charge in [0.1, 0.15) is 11.6 Å². The summed E-state index contributed by atoms with van der Waals surface area (Å²) >= 11 is 0. The lowest BCUT2D eigenvalue weighted by molar-refractivity contribution is 0.813. The number of hydrogen-bond acceptors (Lipinski definition) is 3. The molecule has 1 aromatic rings. The molecule has 0 radical (unpaired) electrons. The van der Waals surface area contributed by atoms with Gasteiger partial charge >= 0.3 is 0 Å². The van der Waals surface area contributed by atoms with Gasteiger partial charge in [0.15, 0.2) is 0 Å². The van der Waals surface area contributed by atoms with Crippen molar-refractivity contribution in [1.29, 1.82) is 0 Å². The molecule has 72 valence electrons. The highest BCUT2D eigenvalue weighted by molar-refractivity contribution is 5.39. The zero-order valence-electron chi connectivity index (χ0n) is 8.22. The minimum absolute atomic E-state index is 0.112. The van der Waals surface area contributed by atoms with Gasteiger partial charge in [-0.2, -0.15) is 0 Å². The molecule has 0 amide bonds. The molecule has 0 atom stereocenters. The number of H-pyrrole nitrogens is 1. The molecule has 4 heteroatoms. The summed E-state index contributed by atoms with van der Waals surface area (Å²) in [6, 6.07) is 0. The smallest absolute Gasteiger partial charge is 0.256 e. The summed E-state index contributed by atoms with van der Waals surface area (Å²) in [6.07, 6.45) is 0.692. The number of aryl methyl sites for hydroxylation is 1. The fourth-order valence-corrected chi connectivity index (χ4v) is 1.27. The van der Waals surface area contributed by atoms with Gasteiger partial charge in [-0.05, 0) is 5.92 Å². The molecule has 0 spiro atoms. The van der Waals surface area contributed by atoms with Crippen LogP contribution in [0.5, 0.6) is 0 Å². The van der Waals surface area contributed by atoms with Crippen LogP contribution in [0.2, 0.25) is 0 Å². The highest BCUT2D eigenvalue weighted by atomic mass is 16.1. The number of aromatic nitrogens is 2. The van der Waals surface area contributed by atoms with Crippen LogP contribution in [0, 0.1) is 0 Å². The van der Waals surface area contributed by atoms with Gasteiger partial charge < -0.3 is 10.7 Å². The summed E-state index contributed by atoms with van der Waals surface area (Å²) in [5.41, 5.74) is 6.14. The van der Waals surface area contributed by atoms with Crippen LogP contribution in [0.25, 0.3) is 0 Å². The molecule has 4 nitrogen and oxygen atoms in total. The molecule has 0 aliphatic rings. The number of aromatic amines is 1. The molecule has 0 aromatic carbocycles. The highest BCUT2D eigenvalue weighted by Gasteiger charge is 2.11. The van der Waals surface area contributed by atoms with Crippen molar-refractivity contribution in [3.63, 3.8) is 0 Å². The van der Waals surface area contributed by atoms with Gasteiger partial charge in [-0.1, -0.05) is 20.8 Å². The van der Waals surface area contributed by atoms with Crippen molar-refractivity contribution in [1.82, 2.24) is 9.97 Å². The second kappa shape index (κ2) is 3.60. The van der Waals surface area contributed by atoms with Gasteiger partial charge in [-0.3, -0.25) is 4.79 Å². The largest absolute Gasteiger partial charge is 0.383 e. The van der Waals surface area contributed by atoms with Crippen molar-refractivity contribution in [2.75, 3.05) is 5.73 Å². The maximum Gasteiger partial charge on any atom is 0.256 e. The molecule has 0 bridgehead atoms. The van der Waals surface area contributed by atoms with Crippen LogP contribution < -0.4 is 11.3 Å². The second-order valence-corrected chi connectivity index (χ2v) is 3.32. The lowest BCUT2D eigenvalue weighted by Gasteiger charge is -2.07. The standard InChI is InChI=1S/C9H15N3O/c1-4-6-11-8(10)7(5(2)3)9(13)12-6/h5H,4H2,1-3H3,(H3,10,11,12,13). The molecule has 0 saturated heterocycles. The van der Waals surface area contributed by atoms with Crippen molar-refractivity contribution in [2.24, 2.45) is 0 Å². The third kappa shape index (κ3) is 1.88. The summed E-state index contributed by atoms with van der Waals surface area (Å²) in [6.45, 7) is 5.77. The van der Waals surface area contributed by atoms with Crippen molar-refractivity contribution >= 4 is 5.82 Å². The molecule has 0 saturated carbocycles. The summed E-state index contributed by atoms with van der Waals surface area (Å²) in [7, 11) is 0. The predicted octanol–water partition coefficient (Wildman–Crippen LogP) is 1.04. The van der Waals surface area contributed by atoms with Crippen molar-refractivity contribution in [2.45, 2.75) is 33.1 Å². The van der Waals surface area contributed by atoms with Gasteiger partial charge in [0.2, 0.25) is 0 Å². The number of nitrogens with one attached hydrogen (secondary N) is 1. The predicted molar refractivity (Wildman–Crippen MR) is 52.7 cm³/mol. The molecule has 1 heterocycles. The van der Waals surface area contributed by atoms with Crippen molar-refractivity contribution in [3.8, 4) is 0 Å². The molecule has 0 fully saturated rings. The van der Waals surface area contributed by atoms with Crippen LogP contribution in [0.4, 0.5) is 5.82 Å². The van der Waals surface area contributed by atoms with Crippen LogP contribution in [-0.4, -0.2) is 9.97 Å². The molecular weight excluding hydrogens is 166 g/mol. The maximum absolute atomic E-state index is 11.5. The lowest BCUT2D eigenvalue weighted by Crippen LogP contribution is -2.20. The minimum atomic E-state index is -0.112. The second-order valence-electron chi connectivity index (χ2n) is 3.32. The lowest BCUT2D eigenvalue weighted by atomic mass is 10.1. The minimum Gasteiger partial charge on any atom is -0.383 e. The third-order valence-corrected chi connectivity index (χ3v) is 1.95. The van der Waals surface area contributed by atoms with E-state index in [1.54, 1.807) is 0 Å². The fraction of sp³-hybridized carbons (Fsp3) is 0.556. The van der Waals surface area contributed by atoms with E-state index in [9.17, 15) is 4.79 Å². The number of anilines is 1. The van der Waals surface area contributed by atoms with E-state index >= 15 is 0 Å². The zero-order valence-corrected chi connectivity index (χ0v) is 8.22. The van der Waals surface area contributed by atoms with E-state index in [2.05, 4.69) is 9.97 Å². The van der Waals surface area contributed by atoms with E-state index < -0.39 is 0 Å². The number of nitrogen functional groups attached to an aromatic ring is 1. The Bertz CT molecular complexity index is 354. The molecule has 13 heavy (non-hydrogen) atoms. The van der Waals surface area contributed by atoms with Gasteiger partial charge in [0, 0.05) is 6.42 Å². The Hall–Kier alpha value is -1.32. The van der Waals surface area contributed by atoms with Crippen molar-refractivity contribution in [3.05, 3.63) is 21.7 Å². The Morgan fingerprint density at radius 2 is 2.15 bits per heavy atom. The Balaban J connectivity index is 3.32. The summed E-state index contributed by atoms with van der Waals surface area (Å²) in [5, 5.41) is 0. The monoisotopic (exact) mass is 181 g/mol. The maximum atomic E-state index is 11.5. The van der Waals surface area contributed by atoms with Crippen LogP contribution in [0.1, 0.15) is 38.1 Å². The average molecular weight is 181 g/mol. The Morgan fingerprint density at radius 1 is 1.54 bits per heavy atom. The highest BCUT2D eigenvalue weighted by Crippen LogP contribution is 2.14. The average Bonchev–Trinajstić information content (AvgIpc) is 2.02. The first-order chi connectivity index (χ1) is 6.06. The van der Waals surface area contributed by atoms with Crippen LogP contribution in [0.3, 0.4) is 0 Å². The summed E-state index contributed by atoms with van der Waals surface area (Å²) < 4.78 is 0. The van der Waals surface area contributed by atoms with E-state index in [1.807, 2.05) is 20.8 Å². The first kappa shape index (κ1) is 9.77. The number of nitrogens with two attached hydrogens (primary N) is 1. The Labute approximate surface area is 77.2 Å². The first-order valence-electron chi connectivity index (χ1n) is 4.44. The normalized spacial score (nSPS) is 10.8. The fourth-order valence-electron chi connectivity index (χ4n) is 1.27. The Morgan fingerprint density at radius 3 is 2.54 bits per heavy atom. The third-order valence-electron chi connectivity index (χ3n) is 1.95. The van der Waals surface area contributed by atoms with Gasteiger partial charge in [0.05, 0.1) is 5.56 Å². The van der Waals surface area contributed by atoms with E-state index in [4.69, 9.17) is 5.73 Å². The van der Waals surface area contributed by atoms with Gasteiger partial charge in [0.25, 0.3) is 5.56 Å². The van der Waals surface area contributed by atoms with Crippen LogP contribution in [0.15, 0.2) is 4.79 Å². The van der Waals surface area contributed by atoms with Crippen LogP contribution >= 0.6 is 0 Å². The van der Waals surface area contributed by atoms with Crippen LogP contribution in [-0.2, 0) is 6.42 Å². The quantitative estimate of drug-likeness (QED) is 0.716. The number of rotatable bonds is 2. The molecular formula is C9H15N3O.